The maximum atomic E-state index is 9.99. The molecule has 0 aliphatic carbocycles. The molecule has 0 saturated heterocycles. The van der Waals surface area contributed by atoms with Gasteiger partial charge in [-0.1, -0.05) is 30.3 Å². The lowest BCUT2D eigenvalue weighted by Crippen LogP contribution is -2.25. The van der Waals surface area contributed by atoms with Crippen molar-refractivity contribution in [2.45, 2.75) is 12.8 Å². The smallest absolute Gasteiger partial charge is 0.184 e. The van der Waals surface area contributed by atoms with E-state index in [1.54, 1.807) is 6.07 Å². The number of benzene rings is 2. The largest absolute Gasteiger partial charge is 0.508 e. The van der Waals surface area contributed by atoms with Gasteiger partial charge in [-0.3, -0.25) is 5.43 Å². The van der Waals surface area contributed by atoms with Crippen molar-refractivity contribution in [2.75, 3.05) is 0 Å². The quantitative estimate of drug-likeness (QED) is 0.386. The van der Waals surface area contributed by atoms with E-state index < -0.39 is 0 Å². The Balaban J connectivity index is 2.22. The van der Waals surface area contributed by atoms with Crippen molar-refractivity contribution in [3.05, 3.63) is 59.7 Å². The van der Waals surface area contributed by atoms with Crippen LogP contribution in [-0.2, 0) is 6.42 Å². The van der Waals surface area contributed by atoms with Crippen LogP contribution < -0.4 is 11.2 Å². The molecule has 0 saturated carbocycles. The van der Waals surface area contributed by atoms with Crippen molar-refractivity contribution in [3.8, 4) is 11.5 Å². The van der Waals surface area contributed by atoms with Crippen LogP contribution in [0, 0.1) is 0 Å². The number of hydrogen-bond donors (Lipinski definition) is 4. The summed E-state index contributed by atoms with van der Waals surface area (Å²) in [7, 11) is 0. The molecular weight excluding hydrogens is 298 g/mol. The topological polar surface area (TPSA) is 90.9 Å². The predicted molar refractivity (Wildman–Crippen MR) is 91.0 cm³/mol. The number of nitrogens with two attached hydrogens (primary N) is 1. The van der Waals surface area contributed by atoms with E-state index in [1.807, 2.05) is 30.3 Å². The molecule has 0 heterocycles. The Kier molecular flexibility index (Phi) is 5.32. The zero-order valence-corrected chi connectivity index (χ0v) is 12.7. The minimum absolute atomic E-state index is 0.00837. The monoisotopic (exact) mass is 315 g/mol. The maximum absolute atomic E-state index is 9.99. The van der Waals surface area contributed by atoms with Crippen LogP contribution in [0.4, 0.5) is 0 Å². The Morgan fingerprint density at radius 1 is 1.14 bits per heavy atom. The lowest BCUT2D eigenvalue weighted by atomic mass is 10.0. The van der Waals surface area contributed by atoms with Gasteiger partial charge in [0, 0.05) is 11.6 Å². The predicted octanol–water partition coefficient (Wildman–Crippen LogP) is 2.27. The summed E-state index contributed by atoms with van der Waals surface area (Å²) in [6.07, 6.45) is 1.33. The highest BCUT2D eigenvalue weighted by atomic mass is 32.1. The molecular formula is C16H17N3O2S. The Bertz CT molecular complexity index is 687. The second-order valence-corrected chi connectivity index (χ2v) is 5.16. The lowest BCUT2D eigenvalue weighted by Gasteiger charge is -2.10. The number of nitrogens with one attached hydrogen (secondary N) is 1. The summed E-state index contributed by atoms with van der Waals surface area (Å²) < 4.78 is 0. The molecule has 0 aliphatic heterocycles. The van der Waals surface area contributed by atoms with Crippen molar-refractivity contribution in [3.63, 3.8) is 0 Å². The first-order valence-electron chi connectivity index (χ1n) is 6.74. The summed E-state index contributed by atoms with van der Waals surface area (Å²) in [5, 5.41) is 23.6. The molecule has 5 nitrogen and oxygen atoms in total. The second kappa shape index (κ2) is 7.42. The van der Waals surface area contributed by atoms with Gasteiger partial charge in [0.1, 0.15) is 11.5 Å². The van der Waals surface area contributed by atoms with E-state index in [0.29, 0.717) is 17.7 Å². The first-order valence-corrected chi connectivity index (χ1v) is 7.15. The van der Waals surface area contributed by atoms with Gasteiger partial charge < -0.3 is 15.9 Å². The van der Waals surface area contributed by atoms with Crippen LogP contribution in [0.5, 0.6) is 11.5 Å². The van der Waals surface area contributed by atoms with E-state index in [-0.39, 0.29) is 16.6 Å². The van der Waals surface area contributed by atoms with Gasteiger partial charge in [-0.05, 0) is 42.8 Å². The SMILES string of the molecule is NC(=S)NN=C(CCc1ccccc1)c1ccc(O)cc1O. The number of nitrogens with zero attached hydrogens (tertiary/aromatic N) is 1. The first kappa shape index (κ1) is 15.8. The number of phenolic OH excluding ortho intramolecular Hbond substituents is 2. The van der Waals surface area contributed by atoms with Crippen LogP contribution in [0.1, 0.15) is 17.5 Å². The third kappa shape index (κ3) is 4.46. The van der Waals surface area contributed by atoms with Gasteiger partial charge in [0.25, 0.3) is 0 Å². The fourth-order valence-corrected chi connectivity index (χ4v) is 2.09. The summed E-state index contributed by atoms with van der Waals surface area (Å²) in [4.78, 5) is 0. The highest BCUT2D eigenvalue weighted by Crippen LogP contribution is 2.24. The molecule has 114 valence electrons. The fourth-order valence-electron chi connectivity index (χ4n) is 2.04. The molecule has 0 spiro atoms. The average Bonchev–Trinajstić information content (AvgIpc) is 2.49. The van der Waals surface area contributed by atoms with E-state index in [2.05, 4.69) is 10.5 Å². The van der Waals surface area contributed by atoms with E-state index in [0.717, 1.165) is 12.0 Å². The number of hydrogen-bond acceptors (Lipinski definition) is 4. The molecule has 2 aromatic carbocycles. The Morgan fingerprint density at radius 3 is 2.50 bits per heavy atom. The molecule has 2 rings (SSSR count). The molecule has 0 fully saturated rings. The van der Waals surface area contributed by atoms with Crippen LogP contribution in [0.15, 0.2) is 53.6 Å². The van der Waals surface area contributed by atoms with Crippen molar-refractivity contribution in [1.29, 1.82) is 0 Å². The zero-order chi connectivity index (χ0) is 15.9. The van der Waals surface area contributed by atoms with Crippen LogP contribution in [-0.4, -0.2) is 21.0 Å². The van der Waals surface area contributed by atoms with Crippen LogP contribution in [0.2, 0.25) is 0 Å². The molecule has 0 bridgehead atoms. The molecule has 0 aromatic heterocycles. The van der Waals surface area contributed by atoms with E-state index in [1.165, 1.54) is 12.1 Å². The highest BCUT2D eigenvalue weighted by Gasteiger charge is 2.11. The van der Waals surface area contributed by atoms with E-state index >= 15 is 0 Å². The molecule has 0 aliphatic rings. The maximum Gasteiger partial charge on any atom is 0.184 e. The number of aryl methyl sites for hydroxylation is 1. The summed E-state index contributed by atoms with van der Waals surface area (Å²) in [5.74, 6) is -0.0532. The molecule has 0 unspecified atom stereocenters. The molecule has 2 aromatic rings. The van der Waals surface area contributed by atoms with Gasteiger partial charge in [0.2, 0.25) is 0 Å². The van der Waals surface area contributed by atoms with Crippen molar-refractivity contribution >= 4 is 23.0 Å². The summed E-state index contributed by atoms with van der Waals surface area (Å²) in [6, 6.07) is 14.3. The minimum atomic E-state index is -0.0449. The number of phenols is 2. The number of hydrazone groups is 1. The van der Waals surface area contributed by atoms with E-state index in [9.17, 15) is 10.2 Å². The number of thiocarbonyl (C=S) groups is 1. The normalized spacial score (nSPS) is 11.2. The van der Waals surface area contributed by atoms with Gasteiger partial charge in [-0.2, -0.15) is 5.10 Å². The average molecular weight is 315 g/mol. The lowest BCUT2D eigenvalue weighted by molar-refractivity contribution is 0.449. The first-order chi connectivity index (χ1) is 10.6. The molecule has 5 N–H and O–H groups in total. The van der Waals surface area contributed by atoms with Gasteiger partial charge in [0.05, 0.1) is 5.71 Å². The molecule has 0 amide bonds. The summed E-state index contributed by atoms with van der Waals surface area (Å²) in [6.45, 7) is 0. The highest BCUT2D eigenvalue weighted by molar-refractivity contribution is 7.80. The van der Waals surface area contributed by atoms with Crippen LogP contribution >= 0.6 is 12.2 Å². The van der Waals surface area contributed by atoms with Crippen molar-refractivity contribution in [1.82, 2.24) is 5.43 Å². The second-order valence-electron chi connectivity index (χ2n) is 4.72. The van der Waals surface area contributed by atoms with Crippen LogP contribution in [0.3, 0.4) is 0 Å². The molecule has 6 heteroatoms. The van der Waals surface area contributed by atoms with Gasteiger partial charge in [0.15, 0.2) is 5.11 Å². The minimum Gasteiger partial charge on any atom is -0.508 e. The Labute approximate surface area is 134 Å². The van der Waals surface area contributed by atoms with E-state index in [4.69, 9.17) is 18.0 Å². The Morgan fingerprint density at radius 2 is 1.86 bits per heavy atom. The van der Waals surface area contributed by atoms with Gasteiger partial charge >= 0.3 is 0 Å². The fraction of sp³-hybridized carbons (Fsp3) is 0.125. The summed E-state index contributed by atoms with van der Waals surface area (Å²) >= 11 is 4.75. The molecule has 0 radical (unpaired) electrons. The van der Waals surface area contributed by atoms with Crippen LogP contribution in [0.25, 0.3) is 0 Å². The molecule has 0 atom stereocenters. The number of aromatic hydroxyl groups is 2. The van der Waals surface area contributed by atoms with Gasteiger partial charge in [-0.25, -0.2) is 0 Å². The number of rotatable bonds is 5. The summed E-state index contributed by atoms with van der Waals surface area (Å²) in [5.41, 5.74) is 10.2. The van der Waals surface area contributed by atoms with Crippen molar-refractivity contribution < 1.29 is 10.2 Å². The Hall–Kier alpha value is -2.60. The zero-order valence-electron chi connectivity index (χ0n) is 11.9. The van der Waals surface area contributed by atoms with Crippen molar-refractivity contribution in [2.24, 2.45) is 10.8 Å². The molecule has 22 heavy (non-hydrogen) atoms. The third-order valence-electron chi connectivity index (χ3n) is 3.09. The standard InChI is InChI=1S/C16H17N3O2S/c17-16(22)19-18-14(9-6-11-4-2-1-3-5-11)13-8-7-12(20)10-15(13)21/h1-5,7-8,10,20-21H,6,9H2,(H3,17,19,22). The third-order valence-corrected chi connectivity index (χ3v) is 3.18. The van der Waals surface area contributed by atoms with Gasteiger partial charge in [-0.15, -0.1) is 0 Å².